The Hall–Kier alpha value is -1.40. The van der Waals surface area contributed by atoms with Gasteiger partial charge in [-0.05, 0) is 26.7 Å². The zero-order valence-corrected chi connectivity index (χ0v) is 11.9. The molecular weight excluding hydrogens is 258 g/mol. The van der Waals surface area contributed by atoms with Crippen LogP contribution in [-0.4, -0.2) is 52.3 Å². The Kier molecular flexibility index (Phi) is 3.52. The van der Waals surface area contributed by atoms with Crippen molar-refractivity contribution in [1.29, 1.82) is 0 Å². The zero-order valence-electron chi connectivity index (χ0n) is 11.9. The van der Waals surface area contributed by atoms with Gasteiger partial charge in [0.25, 0.3) is 5.91 Å². The summed E-state index contributed by atoms with van der Waals surface area (Å²) < 4.78 is 5.18. The summed E-state index contributed by atoms with van der Waals surface area (Å²) in [6.45, 7) is 5.42. The van der Waals surface area contributed by atoms with Crippen LogP contribution in [0, 0.1) is 0 Å². The average Bonchev–Trinajstić information content (AvgIpc) is 3.01. The monoisotopic (exact) mass is 279 g/mol. The minimum atomic E-state index is -0.531. The number of amides is 1. The molecule has 0 radical (unpaired) electrons. The first-order chi connectivity index (χ1) is 9.54. The van der Waals surface area contributed by atoms with E-state index in [4.69, 9.17) is 4.52 Å². The minimum Gasteiger partial charge on any atom is -0.390 e. The van der Waals surface area contributed by atoms with Crippen molar-refractivity contribution in [1.82, 2.24) is 15.4 Å². The molecule has 2 heterocycles. The molecule has 3 rings (SSSR count). The molecule has 1 amide bonds. The van der Waals surface area contributed by atoms with Crippen LogP contribution in [0.2, 0.25) is 0 Å². The molecule has 0 unspecified atom stereocenters. The van der Waals surface area contributed by atoms with Crippen LogP contribution in [0.25, 0.3) is 0 Å². The van der Waals surface area contributed by atoms with E-state index in [-0.39, 0.29) is 11.9 Å². The summed E-state index contributed by atoms with van der Waals surface area (Å²) in [5, 5.41) is 16.7. The summed E-state index contributed by atoms with van der Waals surface area (Å²) in [5.41, 5.74) is 0.307. The topological polar surface area (TPSA) is 78.6 Å². The van der Waals surface area contributed by atoms with Crippen LogP contribution >= 0.6 is 0 Å². The highest BCUT2D eigenvalue weighted by Gasteiger charge is 2.34. The summed E-state index contributed by atoms with van der Waals surface area (Å²) in [5.74, 6) is 0.971. The summed E-state index contributed by atoms with van der Waals surface area (Å²) in [4.78, 5) is 14.3. The van der Waals surface area contributed by atoms with Gasteiger partial charge in [-0.2, -0.15) is 0 Å². The third-order valence-electron chi connectivity index (χ3n) is 4.10. The maximum Gasteiger partial charge on any atom is 0.273 e. The Balaban J connectivity index is 1.60. The maximum absolute atomic E-state index is 12.1. The number of hydrogen-bond donors (Lipinski definition) is 2. The van der Waals surface area contributed by atoms with Crippen molar-refractivity contribution in [3.05, 3.63) is 17.5 Å². The fraction of sp³-hybridized carbons (Fsp3) is 0.714. The van der Waals surface area contributed by atoms with Crippen molar-refractivity contribution < 1.29 is 14.4 Å². The first kappa shape index (κ1) is 13.6. The summed E-state index contributed by atoms with van der Waals surface area (Å²) in [7, 11) is 0. The van der Waals surface area contributed by atoms with Gasteiger partial charge in [0, 0.05) is 31.1 Å². The molecule has 110 valence electrons. The van der Waals surface area contributed by atoms with Gasteiger partial charge >= 0.3 is 0 Å². The fourth-order valence-corrected chi connectivity index (χ4v) is 2.58. The van der Waals surface area contributed by atoms with Crippen LogP contribution in [0.4, 0.5) is 0 Å². The molecule has 2 fully saturated rings. The van der Waals surface area contributed by atoms with E-state index < -0.39 is 6.10 Å². The number of nitrogens with one attached hydrogen (secondary N) is 1. The highest BCUT2D eigenvalue weighted by Crippen LogP contribution is 2.40. The van der Waals surface area contributed by atoms with Crippen LogP contribution in [0.5, 0.6) is 0 Å². The maximum atomic E-state index is 12.1. The Morgan fingerprint density at radius 1 is 1.50 bits per heavy atom. The molecular formula is C14H21N3O3. The van der Waals surface area contributed by atoms with E-state index in [0.717, 1.165) is 18.6 Å². The molecule has 6 nitrogen and oxygen atoms in total. The molecule has 1 aromatic heterocycles. The Labute approximate surface area is 118 Å². The van der Waals surface area contributed by atoms with E-state index in [1.807, 2.05) is 0 Å². The number of hydrogen-bond acceptors (Lipinski definition) is 5. The highest BCUT2D eigenvalue weighted by atomic mass is 16.5. The Bertz CT molecular complexity index is 496. The molecule has 0 aromatic carbocycles. The van der Waals surface area contributed by atoms with Gasteiger partial charge in [-0.25, -0.2) is 0 Å². The summed E-state index contributed by atoms with van der Waals surface area (Å²) in [6.07, 6.45) is 1.69. The first-order valence-corrected chi connectivity index (χ1v) is 7.24. The van der Waals surface area contributed by atoms with E-state index in [1.54, 1.807) is 6.07 Å². The van der Waals surface area contributed by atoms with E-state index in [0.29, 0.717) is 30.7 Å². The number of aliphatic hydroxyl groups is 1. The van der Waals surface area contributed by atoms with Gasteiger partial charge in [-0.1, -0.05) is 5.16 Å². The van der Waals surface area contributed by atoms with Gasteiger partial charge in [0.15, 0.2) is 5.69 Å². The predicted molar refractivity (Wildman–Crippen MR) is 72.4 cm³/mol. The number of β-amino-alcohol motifs (C(OH)–C–C–N with tert-alkyl or cyclic N) is 1. The first-order valence-electron chi connectivity index (χ1n) is 7.24. The van der Waals surface area contributed by atoms with Crippen LogP contribution in [0.15, 0.2) is 10.6 Å². The van der Waals surface area contributed by atoms with Crippen molar-refractivity contribution in [2.75, 3.05) is 13.1 Å². The van der Waals surface area contributed by atoms with E-state index in [9.17, 15) is 9.90 Å². The molecule has 1 aliphatic carbocycles. The third-order valence-corrected chi connectivity index (χ3v) is 4.10. The Morgan fingerprint density at radius 2 is 2.25 bits per heavy atom. The molecule has 2 N–H and O–H groups in total. The van der Waals surface area contributed by atoms with Crippen molar-refractivity contribution in [2.24, 2.45) is 0 Å². The lowest BCUT2D eigenvalue weighted by Gasteiger charge is -2.19. The molecule has 1 aromatic rings. The van der Waals surface area contributed by atoms with Gasteiger partial charge in [-0.15, -0.1) is 0 Å². The fourth-order valence-electron chi connectivity index (χ4n) is 2.58. The highest BCUT2D eigenvalue weighted by molar-refractivity contribution is 5.92. The SMILES string of the molecule is CC(C)N1C[C@H](O)[C@H](NC(=O)c2cc(C3CC3)on2)C1. The number of likely N-dealkylation sites (tertiary alicyclic amines) is 1. The molecule has 0 spiro atoms. The lowest BCUT2D eigenvalue weighted by molar-refractivity contribution is 0.0879. The lowest BCUT2D eigenvalue weighted by Crippen LogP contribution is -2.43. The van der Waals surface area contributed by atoms with Crippen molar-refractivity contribution >= 4 is 5.91 Å². The van der Waals surface area contributed by atoms with Crippen LogP contribution in [-0.2, 0) is 0 Å². The summed E-state index contributed by atoms with van der Waals surface area (Å²) in [6, 6.07) is 1.83. The van der Waals surface area contributed by atoms with Gasteiger partial charge in [0.2, 0.25) is 0 Å². The van der Waals surface area contributed by atoms with Crippen molar-refractivity contribution in [3.63, 3.8) is 0 Å². The zero-order chi connectivity index (χ0) is 14.3. The number of aromatic nitrogens is 1. The number of rotatable bonds is 4. The Morgan fingerprint density at radius 3 is 2.85 bits per heavy atom. The number of aliphatic hydroxyl groups excluding tert-OH is 1. The normalized spacial score (nSPS) is 27.2. The van der Waals surface area contributed by atoms with Crippen LogP contribution in [0.1, 0.15) is 48.9 Å². The van der Waals surface area contributed by atoms with Crippen molar-refractivity contribution in [3.8, 4) is 0 Å². The molecule has 0 bridgehead atoms. The quantitative estimate of drug-likeness (QED) is 0.849. The lowest BCUT2D eigenvalue weighted by atomic mass is 10.2. The van der Waals surface area contributed by atoms with Crippen LogP contribution < -0.4 is 5.32 Å². The minimum absolute atomic E-state index is 0.244. The van der Waals surface area contributed by atoms with Crippen molar-refractivity contribution in [2.45, 2.75) is 50.8 Å². The number of carbonyl (C=O) groups is 1. The third kappa shape index (κ3) is 2.71. The molecule has 6 heteroatoms. The second-order valence-corrected chi connectivity index (χ2v) is 6.08. The number of nitrogens with zero attached hydrogens (tertiary/aromatic N) is 2. The molecule has 2 aliphatic rings. The molecule has 1 saturated carbocycles. The smallest absolute Gasteiger partial charge is 0.273 e. The molecule has 1 aliphatic heterocycles. The number of carbonyl (C=O) groups excluding carboxylic acids is 1. The van der Waals surface area contributed by atoms with E-state index >= 15 is 0 Å². The van der Waals surface area contributed by atoms with E-state index in [1.165, 1.54) is 0 Å². The summed E-state index contributed by atoms with van der Waals surface area (Å²) >= 11 is 0. The standard InChI is InChI=1S/C14H21N3O3/c1-8(2)17-6-11(12(18)7-17)15-14(19)10-5-13(20-16-10)9-3-4-9/h5,8-9,11-12,18H,3-4,6-7H2,1-2H3,(H,15,19)/t11-,12+/m1/s1. The molecule has 1 saturated heterocycles. The largest absolute Gasteiger partial charge is 0.390 e. The molecule has 2 atom stereocenters. The molecule has 20 heavy (non-hydrogen) atoms. The second kappa shape index (κ2) is 5.18. The van der Waals surface area contributed by atoms with Gasteiger partial charge < -0.3 is 14.9 Å². The van der Waals surface area contributed by atoms with Gasteiger partial charge in [0.05, 0.1) is 12.1 Å². The van der Waals surface area contributed by atoms with E-state index in [2.05, 4.69) is 29.2 Å². The average molecular weight is 279 g/mol. The van der Waals surface area contributed by atoms with Gasteiger partial charge in [0.1, 0.15) is 5.76 Å². The predicted octanol–water partition coefficient (Wildman–Crippen LogP) is 0.735. The second-order valence-electron chi connectivity index (χ2n) is 6.08. The van der Waals surface area contributed by atoms with Crippen LogP contribution in [0.3, 0.4) is 0 Å². The van der Waals surface area contributed by atoms with Gasteiger partial charge in [-0.3, -0.25) is 9.69 Å².